The lowest BCUT2D eigenvalue weighted by molar-refractivity contribution is 1.34. The third-order valence-electron chi connectivity index (χ3n) is 1.62. The van der Waals surface area contributed by atoms with Gasteiger partial charge in [-0.05, 0) is 11.6 Å². The minimum Gasteiger partial charge on any atom is -0.398 e. The zero-order valence-electron chi connectivity index (χ0n) is 7.23. The van der Waals surface area contributed by atoms with Crippen molar-refractivity contribution in [3.05, 3.63) is 42.0 Å². The van der Waals surface area contributed by atoms with Crippen molar-refractivity contribution in [2.24, 2.45) is 11.5 Å². The van der Waals surface area contributed by atoms with Crippen LogP contribution in [0.3, 0.4) is 0 Å². The van der Waals surface area contributed by atoms with Gasteiger partial charge in [0, 0.05) is 17.1 Å². The average Bonchev–Trinajstić information content (AvgIpc) is 2.19. The van der Waals surface area contributed by atoms with Gasteiger partial charge < -0.3 is 11.5 Å². The summed E-state index contributed by atoms with van der Waals surface area (Å²) in [6.07, 6.45) is 1.73. The minimum atomic E-state index is 0.364. The summed E-state index contributed by atoms with van der Waals surface area (Å²) in [6.45, 7) is 0.364. The van der Waals surface area contributed by atoms with Crippen molar-refractivity contribution in [3.8, 4) is 0 Å². The van der Waals surface area contributed by atoms with E-state index >= 15 is 0 Å². The first-order valence-electron chi connectivity index (χ1n) is 3.99. The second-order valence-corrected chi connectivity index (χ2v) is 3.16. The Bertz CT molecular complexity index is 317. The Morgan fingerprint density at radius 2 is 1.92 bits per heavy atom. The lowest BCUT2D eigenvalue weighted by Gasteiger charge is -2.00. The fourth-order valence-corrected chi connectivity index (χ4v) is 1.07. The molecular formula is C10H12N2S. The van der Waals surface area contributed by atoms with Crippen molar-refractivity contribution in [3.63, 3.8) is 0 Å². The molecule has 0 saturated carbocycles. The molecule has 0 bridgehead atoms. The highest BCUT2D eigenvalue weighted by molar-refractivity contribution is 7.80. The van der Waals surface area contributed by atoms with Crippen LogP contribution >= 0.6 is 12.2 Å². The molecule has 0 saturated heterocycles. The van der Waals surface area contributed by atoms with Crippen molar-refractivity contribution in [1.82, 2.24) is 0 Å². The van der Waals surface area contributed by atoms with Gasteiger partial charge in [0.1, 0.15) is 0 Å². The van der Waals surface area contributed by atoms with Gasteiger partial charge in [0.15, 0.2) is 0 Å². The molecule has 2 nitrogen and oxygen atoms in total. The topological polar surface area (TPSA) is 52.0 Å². The van der Waals surface area contributed by atoms with Crippen LogP contribution in [0.2, 0.25) is 0 Å². The van der Waals surface area contributed by atoms with Crippen LogP contribution in [0.4, 0.5) is 0 Å². The summed E-state index contributed by atoms with van der Waals surface area (Å²) < 4.78 is 0. The second kappa shape index (κ2) is 4.74. The Hall–Kier alpha value is -1.19. The van der Waals surface area contributed by atoms with E-state index in [9.17, 15) is 0 Å². The molecule has 3 heteroatoms. The normalized spacial score (nSPS) is 11.3. The number of benzene rings is 1. The van der Waals surface area contributed by atoms with Gasteiger partial charge in [0.05, 0.1) is 0 Å². The Balaban J connectivity index is 2.85. The summed E-state index contributed by atoms with van der Waals surface area (Å²) in [5.41, 5.74) is 12.8. The molecule has 0 amide bonds. The average molecular weight is 192 g/mol. The molecule has 1 rings (SSSR count). The number of nitrogens with two attached hydrogens (primary N) is 2. The molecule has 0 spiro atoms. The van der Waals surface area contributed by atoms with Gasteiger partial charge in [-0.2, -0.15) is 0 Å². The van der Waals surface area contributed by atoms with Gasteiger partial charge in [0.2, 0.25) is 0 Å². The smallest absolute Gasteiger partial charge is 0.0399 e. The third kappa shape index (κ3) is 2.97. The second-order valence-electron chi connectivity index (χ2n) is 2.64. The van der Waals surface area contributed by atoms with Crippen LogP contribution in [0.25, 0.3) is 5.70 Å². The van der Waals surface area contributed by atoms with E-state index in [1.54, 1.807) is 6.08 Å². The maximum absolute atomic E-state index is 5.79. The summed E-state index contributed by atoms with van der Waals surface area (Å²) in [5, 5.41) is 0. The van der Waals surface area contributed by atoms with Gasteiger partial charge in [-0.3, -0.25) is 0 Å². The molecule has 4 N–H and O–H groups in total. The minimum absolute atomic E-state index is 0.364. The van der Waals surface area contributed by atoms with Crippen LogP contribution in [0.1, 0.15) is 5.56 Å². The van der Waals surface area contributed by atoms with Crippen molar-refractivity contribution in [2.75, 3.05) is 6.54 Å². The first-order valence-corrected chi connectivity index (χ1v) is 4.40. The fraction of sp³-hybridized carbons (Fsp3) is 0.100. The van der Waals surface area contributed by atoms with Gasteiger partial charge in [-0.1, -0.05) is 42.5 Å². The molecule has 13 heavy (non-hydrogen) atoms. The summed E-state index contributed by atoms with van der Waals surface area (Å²) in [6, 6.07) is 9.68. The Kier molecular flexibility index (Phi) is 3.61. The first kappa shape index (κ1) is 9.89. The van der Waals surface area contributed by atoms with Crippen LogP contribution in [0, 0.1) is 0 Å². The lowest BCUT2D eigenvalue weighted by Crippen LogP contribution is -2.10. The van der Waals surface area contributed by atoms with E-state index in [-0.39, 0.29) is 0 Å². The van der Waals surface area contributed by atoms with Crippen molar-refractivity contribution in [1.29, 1.82) is 0 Å². The van der Waals surface area contributed by atoms with Crippen LogP contribution in [-0.2, 0) is 0 Å². The predicted octanol–water partition coefficient (Wildman–Crippen LogP) is 1.31. The molecule has 0 aromatic heterocycles. The Morgan fingerprint density at radius 3 is 2.46 bits per heavy atom. The highest BCUT2D eigenvalue weighted by atomic mass is 32.1. The molecule has 0 radical (unpaired) electrons. The van der Waals surface area contributed by atoms with Gasteiger partial charge in [-0.15, -0.1) is 0 Å². The Labute approximate surface area is 83.2 Å². The monoisotopic (exact) mass is 192 g/mol. The van der Waals surface area contributed by atoms with Gasteiger partial charge in [0.25, 0.3) is 0 Å². The SMILES string of the molecule is NCC(=S)/C=C(/N)c1ccccc1. The van der Waals surface area contributed by atoms with E-state index in [2.05, 4.69) is 0 Å². The standard InChI is InChI=1S/C10H12N2S/c11-7-9(13)6-10(12)8-4-2-1-3-5-8/h1-6H,7,11-12H2/b10-6+. The number of hydrogen-bond donors (Lipinski definition) is 2. The summed E-state index contributed by atoms with van der Waals surface area (Å²) in [4.78, 5) is 0.668. The van der Waals surface area contributed by atoms with Crippen LogP contribution in [0.15, 0.2) is 36.4 Å². The highest BCUT2D eigenvalue weighted by Gasteiger charge is 1.95. The number of rotatable bonds is 3. The molecule has 68 valence electrons. The Morgan fingerprint density at radius 1 is 1.31 bits per heavy atom. The maximum Gasteiger partial charge on any atom is 0.0399 e. The van der Waals surface area contributed by atoms with E-state index in [1.165, 1.54) is 0 Å². The van der Waals surface area contributed by atoms with E-state index in [1.807, 2.05) is 30.3 Å². The molecule has 0 aliphatic heterocycles. The van der Waals surface area contributed by atoms with Crippen LogP contribution < -0.4 is 11.5 Å². The molecule has 0 aliphatic carbocycles. The van der Waals surface area contributed by atoms with Crippen molar-refractivity contribution >= 4 is 22.8 Å². The highest BCUT2D eigenvalue weighted by Crippen LogP contribution is 2.07. The molecule has 0 atom stereocenters. The summed E-state index contributed by atoms with van der Waals surface area (Å²) >= 11 is 4.95. The van der Waals surface area contributed by atoms with E-state index in [4.69, 9.17) is 23.7 Å². The largest absolute Gasteiger partial charge is 0.398 e. The van der Waals surface area contributed by atoms with Gasteiger partial charge in [-0.25, -0.2) is 0 Å². The predicted molar refractivity (Wildman–Crippen MR) is 60.3 cm³/mol. The van der Waals surface area contributed by atoms with E-state index in [0.29, 0.717) is 17.1 Å². The van der Waals surface area contributed by atoms with E-state index in [0.717, 1.165) is 5.56 Å². The van der Waals surface area contributed by atoms with Crippen molar-refractivity contribution in [2.45, 2.75) is 0 Å². The zero-order valence-corrected chi connectivity index (χ0v) is 8.05. The fourth-order valence-electron chi connectivity index (χ4n) is 0.946. The van der Waals surface area contributed by atoms with Gasteiger partial charge >= 0.3 is 0 Å². The zero-order chi connectivity index (χ0) is 9.68. The van der Waals surface area contributed by atoms with E-state index < -0.39 is 0 Å². The number of hydrogen-bond acceptors (Lipinski definition) is 3. The van der Waals surface area contributed by atoms with Crippen LogP contribution in [0.5, 0.6) is 0 Å². The third-order valence-corrected chi connectivity index (χ3v) is 1.91. The maximum atomic E-state index is 5.79. The molecule has 0 aliphatic rings. The lowest BCUT2D eigenvalue weighted by atomic mass is 10.1. The summed E-state index contributed by atoms with van der Waals surface area (Å²) in [5.74, 6) is 0. The molecule has 1 aromatic rings. The molecule has 1 aromatic carbocycles. The first-order chi connectivity index (χ1) is 6.24. The number of thiocarbonyl (C=S) groups is 1. The van der Waals surface area contributed by atoms with Crippen LogP contribution in [-0.4, -0.2) is 11.4 Å². The van der Waals surface area contributed by atoms with Crippen molar-refractivity contribution < 1.29 is 0 Å². The quantitative estimate of drug-likeness (QED) is 0.561. The molecule has 0 unspecified atom stereocenters. The molecule has 0 fully saturated rings. The molecular weight excluding hydrogens is 180 g/mol. The summed E-state index contributed by atoms with van der Waals surface area (Å²) in [7, 11) is 0. The molecule has 0 heterocycles.